The van der Waals surface area contributed by atoms with E-state index in [1.54, 1.807) is 6.20 Å². The van der Waals surface area contributed by atoms with Crippen LogP contribution < -0.4 is 5.32 Å². The predicted octanol–water partition coefficient (Wildman–Crippen LogP) is 3.50. The van der Waals surface area contributed by atoms with Crippen molar-refractivity contribution in [1.82, 2.24) is 10.3 Å². The molecule has 17 heavy (non-hydrogen) atoms. The van der Waals surface area contributed by atoms with Crippen LogP contribution in [0, 0.1) is 0 Å². The van der Waals surface area contributed by atoms with Gasteiger partial charge < -0.3 is 5.32 Å². The van der Waals surface area contributed by atoms with E-state index in [9.17, 15) is 0 Å². The van der Waals surface area contributed by atoms with E-state index < -0.39 is 0 Å². The van der Waals surface area contributed by atoms with E-state index in [-0.39, 0.29) is 0 Å². The molecule has 0 radical (unpaired) electrons. The van der Waals surface area contributed by atoms with Crippen molar-refractivity contribution in [2.24, 2.45) is 0 Å². The Kier molecular flexibility index (Phi) is 3.78. The van der Waals surface area contributed by atoms with E-state index in [4.69, 9.17) is 11.6 Å². The maximum atomic E-state index is 5.83. The van der Waals surface area contributed by atoms with Crippen LogP contribution in [0.25, 0.3) is 5.70 Å². The van der Waals surface area contributed by atoms with Gasteiger partial charge in [0.1, 0.15) is 0 Å². The van der Waals surface area contributed by atoms with E-state index >= 15 is 0 Å². The zero-order valence-corrected chi connectivity index (χ0v) is 10.1. The molecule has 0 aliphatic rings. The van der Waals surface area contributed by atoms with Gasteiger partial charge in [0, 0.05) is 29.7 Å². The van der Waals surface area contributed by atoms with Crippen LogP contribution in [0.2, 0.25) is 5.02 Å². The smallest absolute Gasteiger partial charge is 0.0416 e. The molecule has 1 N–H and O–H groups in total. The fourth-order valence-corrected chi connectivity index (χ4v) is 1.59. The molecule has 0 atom stereocenters. The molecule has 0 unspecified atom stereocenters. The van der Waals surface area contributed by atoms with Gasteiger partial charge in [-0.25, -0.2) is 0 Å². The molecule has 1 heterocycles. The van der Waals surface area contributed by atoms with Gasteiger partial charge in [-0.15, -0.1) is 0 Å². The molecule has 0 saturated carbocycles. The van der Waals surface area contributed by atoms with Gasteiger partial charge in [-0.1, -0.05) is 36.4 Å². The zero-order chi connectivity index (χ0) is 12.1. The van der Waals surface area contributed by atoms with E-state index in [2.05, 4.69) is 16.9 Å². The van der Waals surface area contributed by atoms with Crippen molar-refractivity contribution >= 4 is 17.3 Å². The highest BCUT2D eigenvalue weighted by atomic mass is 35.5. The first-order chi connectivity index (χ1) is 8.25. The molecular formula is C14H13ClN2. The maximum absolute atomic E-state index is 5.83. The summed E-state index contributed by atoms with van der Waals surface area (Å²) < 4.78 is 0. The zero-order valence-electron chi connectivity index (χ0n) is 9.36. The quantitative estimate of drug-likeness (QED) is 0.891. The molecule has 2 aromatic rings. The van der Waals surface area contributed by atoms with Gasteiger partial charge in [0.15, 0.2) is 0 Å². The number of nitrogens with zero attached hydrogens (tertiary/aromatic N) is 1. The summed E-state index contributed by atoms with van der Waals surface area (Å²) in [4.78, 5) is 4.06. The molecule has 0 amide bonds. The first-order valence-electron chi connectivity index (χ1n) is 5.33. The maximum Gasteiger partial charge on any atom is 0.0416 e. The number of nitrogens with one attached hydrogen (secondary N) is 1. The van der Waals surface area contributed by atoms with Crippen LogP contribution in [0.3, 0.4) is 0 Å². The molecule has 1 aromatic carbocycles. The summed E-state index contributed by atoms with van der Waals surface area (Å²) in [6.45, 7) is 4.71. The molecule has 2 nitrogen and oxygen atoms in total. The van der Waals surface area contributed by atoms with E-state index in [1.807, 2.05) is 42.6 Å². The van der Waals surface area contributed by atoms with Crippen LogP contribution in [0.5, 0.6) is 0 Å². The van der Waals surface area contributed by atoms with E-state index in [1.165, 1.54) is 0 Å². The highest BCUT2D eigenvalue weighted by Crippen LogP contribution is 2.14. The summed E-state index contributed by atoms with van der Waals surface area (Å²) in [5, 5.41) is 3.99. The summed E-state index contributed by atoms with van der Waals surface area (Å²) in [6, 6.07) is 11.5. The average Bonchev–Trinajstić information content (AvgIpc) is 2.38. The minimum atomic E-state index is 0.718. The standard InChI is InChI=1S/C14H13ClN2/c1-11(13-4-6-14(15)7-5-13)17-10-12-3-2-8-16-9-12/h2-9,17H,1,10H2. The lowest BCUT2D eigenvalue weighted by Gasteiger charge is -2.09. The van der Waals surface area contributed by atoms with Crippen molar-refractivity contribution in [2.75, 3.05) is 0 Å². The normalized spacial score (nSPS) is 9.94. The van der Waals surface area contributed by atoms with Crippen molar-refractivity contribution in [2.45, 2.75) is 6.54 Å². The highest BCUT2D eigenvalue weighted by molar-refractivity contribution is 6.30. The Bertz CT molecular complexity index is 491. The van der Waals surface area contributed by atoms with Gasteiger partial charge in [0.2, 0.25) is 0 Å². The second-order valence-corrected chi connectivity index (χ2v) is 4.14. The summed E-state index contributed by atoms with van der Waals surface area (Å²) >= 11 is 5.83. The third-order valence-corrected chi connectivity index (χ3v) is 2.67. The molecule has 86 valence electrons. The number of hydrogen-bond acceptors (Lipinski definition) is 2. The monoisotopic (exact) mass is 244 g/mol. The molecular weight excluding hydrogens is 232 g/mol. The molecule has 1 aromatic heterocycles. The SMILES string of the molecule is C=C(NCc1cccnc1)c1ccc(Cl)cc1. The highest BCUT2D eigenvalue weighted by Gasteiger charge is 1.98. The average molecular weight is 245 g/mol. The number of rotatable bonds is 4. The lowest BCUT2D eigenvalue weighted by atomic mass is 10.1. The number of aromatic nitrogens is 1. The van der Waals surface area contributed by atoms with Crippen molar-refractivity contribution in [1.29, 1.82) is 0 Å². The summed E-state index contributed by atoms with van der Waals surface area (Å²) in [7, 11) is 0. The number of hydrogen-bond donors (Lipinski definition) is 1. The van der Waals surface area contributed by atoms with Gasteiger partial charge >= 0.3 is 0 Å². The first kappa shape index (κ1) is 11.7. The van der Waals surface area contributed by atoms with Crippen molar-refractivity contribution in [3.8, 4) is 0 Å². The van der Waals surface area contributed by atoms with Crippen molar-refractivity contribution < 1.29 is 0 Å². The van der Waals surface area contributed by atoms with Crippen LogP contribution >= 0.6 is 11.6 Å². The molecule has 0 fully saturated rings. The molecule has 2 rings (SSSR count). The minimum absolute atomic E-state index is 0.718. The fourth-order valence-electron chi connectivity index (χ4n) is 1.46. The Hall–Kier alpha value is -1.80. The van der Waals surface area contributed by atoms with Crippen molar-refractivity contribution in [3.63, 3.8) is 0 Å². The number of benzene rings is 1. The molecule has 0 aliphatic heterocycles. The molecule has 0 spiro atoms. The van der Waals surface area contributed by atoms with Gasteiger partial charge in [-0.2, -0.15) is 0 Å². The third-order valence-electron chi connectivity index (χ3n) is 2.42. The Labute approximate surface area is 106 Å². The van der Waals surface area contributed by atoms with Gasteiger partial charge in [-0.05, 0) is 29.3 Å². The molecule has 3 heteroatoms. The summed E-state index contributed by atoms with van der Waals surface area (Å²) in [6.07, 6.45) is 3.60. The van der Waals surface area contributed by atoms with Crippen LogP contribution in [0.1, 0.15) is 11.1 Å². The lowest BCUT2D eigenvalue weighted by molar-refractivity contribution is 0.884. The lowest BCUT2D eigenvalue weighted by Crippen LogP contribution is -2.10. The second kappa shape index (κ2) is 5.51. The van der Waals surface area contributed by atoms with Gasteiger partial charge in [0.05, 0.1) is 0 Å². The molecule has 0 aliphatic carbocycles. The Balaban J connectivity index is 1.96. The van der Waals surface area contributed by atoms with E-state index in [0.29, 0.717) is 0 Å². The van der Waals surface area contributed by atoms with Gasteiger partial charge in [-0.3, -0.25) is 4.98 Å². The number of halogens is 1. The molecule has 0 saturated heterocycles. The summed E-state index contributed by atoms with van der Waals surface area (Å²) in [5.41, 5.74) is 3.05. The number of pyridine rings is 1. The largest absolute Gasteiger partial charge is 0.381 e. The van der Waals surface area contributed by atoms with Crippen LogP contribution in [0.4, 0.5) is 0 Å². The second-order valence-electron chi connectivity index (χ2n) is 3.70. The van der Waals surface area contributed by atoms with E-state index in [0.717, 1.165) is 28.4 Å². The minimum Gasteiger partial charge on any atom is -0.381 e. The Morgan fingerprint density at radius 2 is 2.00 bits per heavy atom. The summed E-state index contributed by atoms with van der Waals surface area (Å²) in [5.74, 6) is 0. The third kappa shape index (κ3) is 3.33. The Morgan fingerprint density at radius 1 is 1.24 bits per heavy atom. The first-order valence-corrected chi connectivity index (χ1v) is 5.71. The van der Waals surface area contributed by atoms with Crippen LogP contribution in [0.15, 0.2) is 55.4 Å². The van der Waals surface area contributed by atoms with Gasteiger partial charge in [0.25, 0.3) is 0 Å². The Morgan fingerprint density at radius 3 is 2.65 bits per heavy atom. The molecule has 0 bridgehead atoms. The fraction of sp³-hybridized carbons (Fsp3) is 0.0714. The predicted molar refractivity (Wildman–Crippen MR) is 71.6 cm³/mol. The van der Waals surface area contributed by atoms with Crippen LogP contribution in [-0.4, -0.2) is 4.98 Å². The van der Waals surface area contributed by atoms with Crippen LogP contribution in [-0.2, 0) is 6.54 Å². The van der Waals surface area contributed by atoms with Crippen molar-refractivity contribution in [3.05, 3.63) is 71.5 Å². The topological polar surface area (TPSA) is 24.9 Å².